The Balaban J connectivity index is 1.73. The molecule has 0 aromatic heterocycles. The van der Waals surface area contributed by atoms with Gasteiger partial charge in [0.25, 0.3) is 0 Å². The Morgan fingerprint density at radius 3 is 2.67 bits per heavy atom. The number of hydrogen-bond acceptors (Lipinski definition) is 4. The smallest absolute Gasteiger partial charge is 0.233 e. The van der Waals surface area contributed by atoms with Crippen LogP contribution >= 0.6 is 0 Å². The fourth-order valence-electron chi connectivity index (χ4n) is 3.10. The molecule has 3 rings (SSSR count). The first kappa shape index (κ1) is 13.9. The summed E-state index contributed by atoms with van der Waals surface area (Å²) in [7, 11) is 1.62. The SMILES string of the molecule is COc1ccc(C2CCCN2C(=O)C2CC2[N+](=O)[O-])cc1. The van der Waals surface area contributed by atoms with Crippen molar-refractivity contribution in [2.45, 2.75) is 31.3 Å². The summed E-state index contributed by atoms with van der Waals surface area (Å²) in [5, 5.41) is 10.7. The molecule has 3 atom stereocenters. The van der Waals surface area contributed by atoms with E-state index in [4.69, 9.17) is 4.74 Å². The number of amides is 1. The van der Waals surface area contributed by atoms with Gasteiger partial charge >= 0.3 is 0 Å². The first-order valence-electron chi connectivity index (χ1n) is 7.19. The van der Waals surface area contributed by atoms with E-state index in [0.29, 0.717) is 13.0 Å². The average molecular weight is 290 g/mol. The van der Waals surface area contributed by atoms with Crippen LogP contribution in [0.1, 0.15) is 30.9 Å². The molecule has 1 saturated heterocycles. The molecule has 6 nitrogen and oxygen atoms in total. The number of benzene rings is 1. The number of methoxy groups -OCH3 is 1. The van der Waals surface area contributed by atoms with Gasteiger partial charge in [-0.25, -0.2) is 0 Å². The van der Waals surface area contributed by atoms with Crippen molar-refractivity contribution in [1.82, 2.24) is 4.90 Å². The molecular weight excluding hydrogens is 272 g/mol. The maximum absolute atomic E-state index is 12.4. The largest absolute Gasteiger partial charge is 0.497 e. The molecule has 0 spiro atoms. The Hall–Kier alpha value is -2.11. The van der Waals surface area contributed by atoms with Crippen LogP contribution in [0.25, 0.3) is 0 Å². The van der Waals surface area contributed by atoms with Gasteiger partial charge in [-0.3, -0.25) is 14.9 Å². The summed E-state index contributed by atoms with van der Waals surface area (Å²) in [6, 6.07) is 7.06. The number of carbonyl (C=O) groups excluding carboxylic acids is 1. The van der Waals surface area contributed by atoms with Crippen LogP contribution in [0.3, 0.4) is 0 Å². The van der Waals surface area contributed by atoms with Crippen molar-refractivity contribution in [3.63, 3.8) is 0 Å². The zero-order valence-electron chi connectivity index (χ0n) is 11.9. The van der Waals surface area contributed by atoms with E-state index in [9.17, 15) is 14.9 Å². The second-order valence-corrected chi connectivity index (χ2v) is 5.66. The second-order valence-electron chi connectivity index (χ2n) is 5.66. The third-order valence-electron chi connectivity index (χ3n) is 4.38. The quantitative estimate of drug-likeness (QED) is 0.628. The third-order valence-corrected chi connectivity index (χ3v) is 4.38. The molecule has 2 fully saturated rings. The highest BCUT2D eigenvalue weighted by Crippen LogP contribution is 2.40. The topological polar surface area (TPSA) is 72.7 Å². The van der Waals surface area contributed by atoms with Gasteiger partial charge in [0.05, 0.1) is 13.2 Å². The first-order valence-corrected chi connectivity index (χ1v) is 7.19. The van der Waals surface area contributed by atoms with Gasteiger partial charge in [-0.2, -0.15) is 0 Å². The standard InChI is InChI=1S/C15H18N2O4/c1-21-11-6-4-10(5-7-11)13-3-2-8-16(13)15(18)12-9-14(12)17(19)20/h4-7,12-14H,2-3,8-9H2,1H3. The van der Waals surface area contributed by atoms with Crippen LogP contribution in [-0.4, -0.2) is 35.4 Å². The van der Waals surface area contributed by atoms with Gasteiger partial charge < -0.3 is 9.64 Å². The molecule has 1 aromatic rings. The number of likely N-dealkylation sites (tertiary alicyclic amines) is 1. The monoisotopic (exact) mass is 290 g/mol. The molecule has 1 aromatic carbocycles. The number of hydrogen-bond donors (Lipinski definition) is 0. The van der Waals surface area contributed by atoms with Crippen molar-refractivity contribution in [3.8, 4) is 5.75 Å². The van der Waals surface area contributed by atoms with Gasteiger partial charge in [-0.05, 0) is 30.5 Å². The van der Waals surface area contributed by atoms with Crippen molar-refractivity contribution in [1.29, 1.82) is 0 Å². The van der Waals surface area contributed by atoms with Crippen molar-refractivity contribution >= 4 is 5.91 Å². The predicted octanol–water partition coefficient (Wildman–Crippen LogP) is 2.02. The minimum Gasteiger partial charge on any atom is -0.497 e. The van der Waals surface area contributed by atoms with Crippen LogP contribution < -0.4 is 4.74 Å². The van der Waals surface area contributed by atoms with Crippen LogP contribution in [0.4, 0.5) is 0 Å². The number of nitrogens with zero attached hydrogens (tertiary/aromatic N) is 2. The molecule has 3 unspecified atom stereocenters. The Kier molecular flexibility index (Phi) is 3.53. The minimum atomic E-state index is -0.672. The fraction of sp³-hybridized carbons (Fsp3) is 0.533. The van der Waals surface area contributed by atoms with Gasteiger partial charge in [-0.15, -0.1) is 0 Å². The molecule has 112 valence electrons. The molecule has 0 N–H and O–H groups in total. The van der Waals surface area contributed by atoms with Crippen LogP contribution in [0.5, 0.6) is 5.75 Å². The summed E-state index contributed by atoms with van der Waals surface area (Å²) in [6.07, 6.45) is 2.24. The Morgan fingerprint density at radius 2 is 2.10 bits per heavy atom. The van der Waals surface area contributed by atoms with Gasteiger partial charge in [0.2, 0.25) is 11.9 Å². The Bertz CT molecular complexity index is 557. The van der Waals surface area contributed by atoms with Crippen LogP contribution in [0.15, 0.2) is 24.3 Å². The molecule has 1 heterocycles. The third kappa shape index (κ3) is 2.57. The Morgan fingerprint density at radius 1 is 1.38 bits per heavy atom. The fourth-order valence-corrected chi connectivity index (χ4v) is 3.10. The molecule has 6 heteroatoms. The predicted molar refractivity (Wildman–Crippen MR) is 75.6 cm³/mol. The maximum Gasteiger partial charge on any atom is 0.233 e. The molecular formula is C15H18N2O4. The lowest BCUT2D eigenvalue weighted by molar-refractivity contribution is -0.497. The highest BCUT2D eigenvalue weighted by Gasteiger charge is 2.55. The van der Waals surface area contributed by atoms with Crippen molar-refractivity contribution in [2.75, 3.05) is 13.7 Å². The van der Waals surface area contributed by atoms with E-state index in [0.717, 1.165) is 24.2 Å². The Labute approximate surface area is 122 Å². The first-order chi connectivity index (χ1) is 10.1. The zero-order chi connectivity index (χ0) is 15.0. The summed E-state index contributed by atoms with van der Waals surface area (Å²) in [5.74, 6) is 0.305. The molecule has 21 heavy (non-hydrogen) atoms. The summed E-state index contributed by atoms with van der Waals surface area (Å²) in [4.78, 5) is 24.6. The van der Waals surface area contributed by atoms with Gasteiger partial charge in [-0.1, -0.05) is 12.1 Å². The van der Waals surface area contributed by atoms with E-state index >= 15 is 0 Å². The maximum atomic E-state index is 12.4. The number of ether oxygens (including phenoxy) is 1. The summed E-state index contributed by atoms with van der Waals surface area (Å²) >= 11 is 0. The molecule has 0 bridgehead atoms. The lowest BCUT2D eigenvalue weighted by atomic mass is 10.0. The van der Waals surface area contributed by atoms with Crippen LogP contribution in [0, 0.1) is 16.0 Å². The highest BCUT2D eigenvalue weighted by molar-refractivity contribution is 5.82. The van der Waals surface area contributed by atoms with Gasteiger partial charge in [0.1, 0.15) is 11.7 Å². The van der Waals surface area contributed by atoms with E-state index < -0.39 is 12.0 Å². The summed E-state index contributed by atoms with van der Waals surface area (Å²) in [5.41, 5.74) is 1.07. The average Bonchev–Trinajstić information content (AvgIpc) is 3.16. The van der Waals surface area contributed by atoms with Crippen molar-refractivity contribution < 1.29 is 14.5 Å². The van der Waals surface area contributed by atoms with E-state index in [1.165, 1.54) is 0 Å². The van der Waals surface area contributed by atoms with E-state index in [-0.39, 0.29) is 16.9 Å². The summed E-state index contributed by atoms with van der Waals surface area (Å²) < 4.78 is 5.14. The summed E-state index contributed by atoms with van der Waals surface area (Å²) in [6.45, 7) is 0.691. The van der Waals surface area contributed by atoms with Gasteiger partial charge in [0, 0.05) is 17.9 Å². The normalized spacial score (nSPS) is 27.5. The molecule has 1 amide bonds. The number of rotatable bonds is 4. The molecule has 0 radical (unpaired) electrons. The van der Waals surface area contributed by atoms with Crippen LogP contribution in [0.2, 0.25) is 0 Å². The molecule has 1 saturated carbocycles. The molecule has 1 aliphatic heterocycles. The highest BCUT2D eigenvalue weighted by atomic mass is 16.6. The van der Waals surface area contributed by atoms with Crippen molar-refractivity contribution in [2.24, 2.45) is 5.92 Å². The van der Waals surface area contributed by atoms with Gasteiger partial charge in [0.15, 0.2) is 0 Å². The lowest BCUT2D eigenvalue weighted by Crippen LogP contribution is -2.33. The number of carbonyl (C=O) groups is 1. The number of nitro groups is 1. The zero-order valence-corrected chi connectivity index (χ0v) is 11.9. The van der Waals surface area contributed by atoms with Crippen molar-refractivity contribution in [3.05, 3.63) is 39.9 Å². The van der Waals surface area contributed by atoms with E-state index in [2.05, 4.69) is 0 Å². The lowest BCUT2D eigenvalue weighted by Gasteiger charge is -2.25. The molecule has 1 aliphatic carbocycles. The second kappa shape index (κ2) is 5.35. The molecule has 2 aliphatic rings. The van der Waals surface area contributed by atoms with E-state index in [1.54, 1.807) is 7.11 Å². The van der Waals surface area contributed by atoms with E-state index in [1.807, 2.05) is 29.2 Å². The van der Waals surface area contributed by atoms with Crippen LogP contribution in [-0.2, 0) is 4.79 Å². The minimum absolute atomic E-state index is 0.0383.